The summed E-state index contributed by atoms with van der Waals surface area (Å²) in [4.78, 5) is 20.6. The number of ether oxygens (including phenoxy) is 1. The number of amides is 1. The van der Waals surface area contributed by atoms with Gasteiger partial charge in [0, 0.05) is 11.1 Å². The van der Waals surface area contributed by atoms with Gasteiger partial charge < -0.3 is 15.4 Å². The first-order chi connectivity index (χ1) is 16.6. The van der Waals surface area contributed by atoms with Gasteiger partial charge in [0.05, 0.1) is 24.8 Å². The van der Waals surface area contributed by atoms with Crippen LogP contribution in [0.15, 0.2) is 79.1 Å². The fourth-order valence-corrected chi connectivity index (χ4v) is 3.52. The lowest BCUT2D eigenvalue weighted by molar-refractivity contribution is -0.111. The van der Waals surface area contributed by atoms with Crippen molar-refractivity contribution in [1.82, 2.24) is 9.97 Å². The first-order valence-corrected chi connectivity index (χ1v) is 10.7. The standard InChI is InChI=1S/C27H23FN4O2/c1-2-7-26(33)31-22-12-13-24-23(15-22)27(30-18-29-24)32-25(20-9-4-3-5-10-20)17-34-16-19-8-6-11-21(28)14-19/h3-6,8-15,18,25H,16-17H2,1H3,(H,31,33)(H,29,30,32)/t25-/m1/s1. The number of fused-ring (bicyclic) bond motifs is 1. The van der Waals surface area contributed by atoms with Crippen molar-refractivity contribution in [2.75, 3.05) is 17.2 Å². The van der Waals surface area contributed by atoms with Gasteiger partial charge in [0.15, 0.2) is 0 Å². The van der Waals surface area contributed by atoms with Crippen molar-refractivity contribution in [3.63, 3.8) is 0 Å². The van der Waals surface area contributed by atoms with E-state index in [4.69, 9.17) is 4.74 Å². The number of hydrogen-bond acceptors (Lipinski definition) is 5. The Morgan fingerprint density at radius 3 is 2.71 bits per heavy atom. The molecule has 0 aliphatic carbocycles. The number of rotatable bonds is 8. The van der Waals surface area contributed by atoms with Gasteiger partial charge in [0.25, 0.3) is 5.91 Å². The van der Waals surface area contributed by atoms with Crippen molar-refractivity contribution in [2.24, 2.45) is 0 Å². The highest BCUT2D eigenvalue weighted by molar-refractivity contribution is 6.05. The Bertz CT molecular complexity index is 1350. The van der Waals surface area contributed by atoms with Crippen LogP contribution in [-0.4, -0.2) is 22.5 Å². The quantitative estimate of drug-likeness (QED) is 0.362. The van der Waals surface area contributed by atoms with Crippen molar-refractivity contribution >= 4 is 28.3 Å². The van der Waals surface area contributed by atoms with E-state index in [0.717, 1.165) is 22.0 Å². The van der Waals surface area contributed by atoms with E-state index in [1.807, 2.05) is 48.5 Å². The summed E-state index contributed by atoms with van der Waals surface area (Å²) in [6.45, 7) is 2.21. The van der Waals surface area contributed by atoms with Gasteiger partial charge in [-0.15, -0.1) is 0 Å². The summed E-state index contributed by atoms with van der Waals surface area (Å²) in [6.07, 6.45) is 1.49. The third kappa shape index (κ3) is 5.94. The molecular weight excluding hydrogens is 431 g/mol. The van der Waals surface area contributed by atoms with Crippen LogP contribution in [0.2, 0.25) is 0 Å². The summed E-state index contributed by atoms with van der Waals surface area (Å²) in [5.41, 5.74) is 3.09. The SMILES string of the molecule is CC#CC(=O)Nc1ccc2ncnc(N[C@H](COCc3cccc(F)c3)c3ccccc3)c2c1. The van der Waals surface area contributed by atoms with Crippen molar-refractivity contribution < 1.29 is 13.9 Å². The van der Waals surface area contributed by atoms with Crippen LogP contribution in [0.25, 0.3) is 10.9 Å². The second-order valence-electron chi connectivity index (χ2n) is 7.54. The monoisotopic (exact) mass is 454 g/mol. The molecule has 0 aliphatic heterocycles. The molecule has 1 amide bonds. The summed E-state index contributed by atoms with van der Waals surface area (Å²) in [6, 6.07) is 21.4. The maximum absolute atomic E-state index is 13.5. The third-order valence-corrected chi connectivity index (χ3v) is 5.09. The van der Waals surface area contributed by atoms with Gasteiger partial charge in [-0.3, -0.25) is 4.79 Å². The number of nitrogens with zero attached hydrogens (tertiary/aromatic N) is 2. The number of hydrogen-bond donors (Lipinski definition) is 2. The fourth-order valence-electron chi connectivity index (χ4n) is 3.52. The number of carbonyl (C=O) groups excluding carboxylic acids is 1. The highest BCUT2D eigenvalue weighted by Gasteiger charge is 2.15. The van der Waals surface area contributed by atoms with Gasteiger partial charge in [-0.25, -0.2) is 14.4 Å². The molecule has 2 N–H and O–H groups in total. The van der Waals surface area contributed by atoms with E-state index in [1.165, 1.54) is 18.5 Å². The Balaban J connectivity index is 1.57. The molecule has 1 aromatic heterocycles. The Morgan fingerprint density at radius 1 is 1.06 bits per heavy atom. The lowest BCUT2D eigenvalue weighted by Gasteiger charge is -2.21. The number of aromatic nitrogens is 2. The fraction of sp³-hybridized carbons (Fsp3) is 0.148. The van der Waals surface area contributed by atoms with Crippen LogP contribution in [-0.2, 0) is 16.1 Å². The van der Waals surface area contributed by atoms with Crippen LogP contribution in [0.3, 0.4) is 0 Å². The number of carbonyl (C=O) groups is 1. The smallest absolute Gasteiger partial charge is 0.300 e. The minimum absolute atomic E-state index is 0.225. The molecule has 4 aromatic rings. The Labute approximate surface area is 197 Å². The highest BCUT2D eigenvalue weighted by atomic mass is 19.1. The predicted molar refractivity (Wildman–Crippen MR) is 130 cm³/mol. The van der Waals surface area contributed by atoms with E-state index >= 15 is 0 Å². The summed E-state index contributed by atoms with van der Waals surface area (Å²) in [5.74, 6) is 4.97. The van der Waals surface area contributed by atoms with Gasteiger partial charge in [0.2, 0.25) is 0 Å². The zero-order valence-electron chi connectivity index (χ0n) is 18.6. The van der Waals surface area contributed by atoms with Gasteiger partial charge in [-0.05, 0) is 54.3 Å². The van der Waals surface area contributed by atoms with Crippen LogP contribution in [0.1, 0.15) is 24.1 Å². The van der Waals surface area contributed by atoms with Crippen molar-refractivity contribution in [2.45, 2.75) is 19.6 Å². The minimum atomic E-state index is -0.388. The van der Waals surface area contributed by atoms with Gasteiger partial charge in [0.1, 0.15) is 18.0 Å². The van der Waals surface area contributed by atoms with Crippen molar-refractivity contribution in [1.29, 1.82) is 0 Å². The van der Waals surface area contributed by atoms with Gasteiger partial charge >= 0.3 is 0 Å². The zero-order chi connectivity index (χ0) is 23.8. The third-order valence-electron chi connectivity index (χ3n) is 5.09. The molecule has 7 heteroatoms. The molecule has 1 heterocycles. The topological polar surface area (TPSA) is 76.1 Å². The van der Waals surface area contributed by atoms with Crippen LogP contribution < -0.4 is 10.6 Å². The first-order valence-electron chi connectivity index (χ1n) is 10.7. The lowest BCUT2D eigenvalue weighted by atomic mass is 10.1. The minimum Gasteiger partial charge on any atom is -0.374 e. The van der Waals surface area contributed by atoms with E-state index in [1.54, 1.807) is 19.1 Å². The summed E-state index contributed by atoms with van der Waals surface area (Å²) >= 11 is 0. The second-order valence-corrected chi connectivity index (χ2v) is 7.54. The van der Waals surface area contributed by atoms with Crippen molar-refractivity contribution in [3.8, 4) is 11.8 Å². The molecule has 6 nitrogen and oxygen atoms in total. The van der Waals surface area contributed by atoms with E-state index < -0.39 is 0 Å². The molecule has 0 fully saturated rings. The zero-order valence-corrected chi connectivity index (χ0v) is 18.6. The molecule has 3 aromatic carbocycles. The molecule has 0 saturated carbocycles. The summed E-state index contributed by atoms with van der Waals surface area (Å²) in [7, 11) is 0. The van der Waals surface area contributed by atoms with Crippen LogP contribution >= 0.6 is 0 Å². The molecule has 0 bridgehead atoms. The predicted octanol–water partition coefficient (Wildman–Crippen LogP) is 5.10. The molecule has 170 valence electrons. The number of nitrogens with one attached hydrogen (secondary N) is 2. The van der Waals surface area contributed by atoms with Crippen LogP contribution in [0.5, 0.6) is 0 Å². The van der Waals surface area contributed by atoms with E-state index in [0.29, 0.717) is 18.1 Å². The Hall–Kier alpha value is -4.28. The maximum atomic E-state index is 13.5. The summed E-state index contributed by atoms with van der Waals surface area (Å²) in [5, 5.41) is 6.95. The van der Waals surface area contributed by atoms with E-state index in [9.17, 15) is 9.18 Å². The molecule has 0 radical (unpaired) electrons. The number of anilines is 2. The average molecular weight is 455 g/mol. The molecule has 0 unspecified atom stereocenters. The van der Waals surface area contributed by atoms with E-state index in [2.05, 4.69) is 32.4 Å². The van der Waals surface area contributed by atoms with Crippen molar-refractivity contribution in [3.05, 3.63) is 96.1 Å². The van der Waals surface area contributed by atoms with Crippen LogP contribution in [0.4, 0.5) is 15.9 Å². The van der Waals surface area contributed by atoms with Crippen LogP contribution in [0, 0.1) is 17.7 Å². The molecule has 0 spiro atoms. The molecular formula is C27H23FN4O2. The normalized spacial score (nSPS) is 11.4. The van der Waals surface area contributed by atoms with Gasteiger partial charge in [-0.2, -0.15) is 0 Å². The Morgan fingerprint density at radius 2 is 1.91 bits per heavy atom. The molecule has 4 rings (SSSR count). The molecule has 0 saturated heterocycles. The summed E-state index contributed by atoms with van der Waals surface area (Å²) < 4.78 is 19.4. The molecule has 34 heavy (non-hydrogen) atoms. The largest absolute Gasteiger partial charge is 0.374 e. The average Bonchev–Trinajstić information content (AvgIpc) is 2.84. The lowest BCUT2D eigenvalue weighted by Crippen LogP contribution is -2.18. The number of benzene rings is 3. The van der Waals surface area contributed by atoms with Gasteiger partial charge in [-0.1, -0.05) is 48.4 Å². The highest BCUT2D eigenvalue weighted by Crippen LogP contribution is 2.27. The first kappa shape index (κ1) is 22.9. The molecule has 1 atom stereocenters. The maximum Gasteiger partial charge on any atom is 0.300 e. The number of halogens is 1. The second kappa shape index (κ2) is 11.0. The molecule has 0 aliphatic rings. The van der Waals surface area contributed by atoms with E-state index in [-0.39, 0.29) is 24.4 Å². The Kier molecular flexibility index (Phi) is 7.43.